The van der Waals surface area contributed by atoms with E-state index in [0.29, 0.717) is 5.82 Å². The van der Waals surface area contributed by atoms with Gasteiger partial charge in [0.2, 0.25) is 5.91 Å². The van der Waals surface area contributed by atoms with Gasteiger partial charge in [0.25, 0.3) is 0 Å². The van der Waals surface area contributed by atoms with Crippen molar-refractivity contribution in [3.63, 3.8) is 0 Å². The van der Waals surface area contributed by atoms with Crippen molar-refractivity contribution < 1.29 is 4.79 Å². The summed E-state index contributed by atoms with van der Waals surface area (Å²) in [5.74, 6) is 0.609. The maximum atomic E-state index is 11.6. The van der Waals surface area contributed by atoms with Crippen LogP contribution < -0.4 is 11.1 Å². The second-order valence-electron chi connectivity index (χ2n) is 3.55. The molecule has 2 rings (SSSR count). The SMILES string of the molecule is NC1CCC(C(=O)Nc2csnn2)C1. The van der Waals surface area contributed by atoms with E-state index >= 15 is 0 Å². The van der Waals surface area contributed by atoms with E-state index < -0.39 is 0 Å². The molecule has 1 saturated carbocycles. The molecule has 0 bridgehead atoms. The van der Waals surface area contributed by atoms with Gasteiger partial charge in [0.05, 0.1) is 5.38 Å². The van der Waals surface area contributed by atoms with Gasteiger partial charge in [-0.05, 0) is 30.8 Å². The molecule has 0 aromatic carbocycles. The minimum atomic E-state index is 0.0191. The predicted octanol–water partition coefficient (Wildman–Crippen LogP) is 0.604. The number of carbonyl (C=O) groups is 1. The summed E-state index contributed by atoms with van der Waals surface area (Å²) in [6.07, 6.45) is 2.60. The number of rotatable bonds is 2. The maximum Gasteiger partial charge on any atom is 0.228 e. The molecular weight excluding hydrogens is 200 g/mol. The largest absolute Gasteiger partial charge is 0.328 e. The average molecular weight is 212 g/mol. The molecule has 1 aromatic rings. The van der Waals surface area contributed by atoms with Crippen LogP contribution in [-0.4, -0.2) is 21.5 Å². The molecule has 1 aromatic heterocycles. The minimum absolute atomic E-state index is 0.0191. The summed E-state index contributed by atoms with van der Waals surface area (Å²) in [6, 6.07) is 0.180. The normalized spacial score (nSPS) is 26.4. The highest BCUT2D eigenvalue weighted by molar-refractivity contribution is 7.03. The molecule has 5 nitrogen and oxygen atoms in total. The van der Waals surface area contributed by atoms with E-state index in [-0.39, 0.29) is 17.9 Å². The quantitative estimate of drug-likeness (QED) is 0.752. The Hall–Kier alpha value is -1.01. The van der Waals surface area contributed by atoms with Crippen molar-refractivity contribution in [2.24, 2.45) is 11.7 Å². The Bertz CT molecular complexity index is 313. The summed E-state index contributed by atoms with van der Waals surface area (Å²) < 4.78 is 3.67. The third-order valence-electron chi connectivity index (χ3n) is 2.46. The number of nitrogens with two attached hydrogens (primary N) is 1. The molecule has 1 aliphatic carbocycles. The van der Waals surface area contributed by atoms with Gasteiger partial charge >= 0.3 is 0 Å². The van der Waals surface area contributed by atoms with Gasteiger partial charge in [-0.15, -0.1) is 5.10 Å². The number of aromatic nitrogens is 2. The first kappa shape index (κ1) is 9.54. The number of nitrogens with zero attached hydrogens (tertiary/aromatic N) is 2. The van der Waals surface area contributed by atoms with Gasteiger partial charge in [0, 0.05) is 12.0 Å². The van der Waals surface area contributed by atoms with E-state index in [1.165, 1.54) is 11.5 Å². The molecule has 1 aliphatic rings. The van der Waals surface area contributed by atoms with Crippen molar-refractivity contribution >= 4 is 23.3 Å². The fourth-order valence-corrected chi connectivity index (χ4v) is 2.09. The highest BCUT2D eigenvalue weighted by atomic mass is 32.1. The van der Waals surface area contributed by atoms with Crippen molar-refractivity contribution in [2.45, 2.75) is 25.3 Å². The summed E-state index contributed by atoms with van der Waals surface area (Å²) in [5, 5.41) is 8.19. The van der Waals surface area contributed by atoms with E-state index in [2.05, 4.69) is 14.9 Å². The Labute approximate surface area is 85.9 Å². The molecule has 0 spiro atoms. The van der Waals surface area contributed by atoms with Crippen LogP contribution in [0.2, 0.25) is 0 Å². The standard InChI is InChI=1S/C8H12N4OS/c9-6-2-1-5(3-6)8(13)10-7-4-14-12-11-7/h4-6H,1-3,9H2,(H,10,13). The lowest BCUT2D eigenvalue weighted by Gasteiger charge is -2.07. The van der Waals surface area contributed by atoms with E-state index in [9.17, 15) is 4.79 Å². The predicted molar refractivity (Wildman–Crippen MR) is 53.9 cm³/mol. The number of hydrogen-bond donors (Lipinski definition) is 2. The first-order chi connectivity index (χ1) is 6.75. The van der Waals surface area contributed by atoms with Crippen LogP contribution in [-0.2, 0) is 4.79 Å². The molecule has 14 heavy (non-hydrogen) atoms. The first-order valence-corrected chi connectivity index (χ1v) is 5.43. The zero-order valence-corrected chi connectivity index (χ0v) is 8.46. The summed E-state index contributed by atoms with van der Waals surface area (Å²) in [4.78, 5) is 11.6. The third kappa shape index (κ3) is 2.08. The van der Waals surface area contributed by atoms with Gasteiger partial charge in [-0.25, -0.2) is 0 Å². The van der Waals surface area contributed by atoms with Gasteiger partial charge in [-0.3, -0.25) is 4.79 Å². The molecule has 1 amide bonds. The molecular formula is C8H12N4OS. The highest BCUT2D eigenvalue weighted by Gasteiger charge is 2.27. The van der Waals surface area contributed by atoms with Crippen LogP contribution in [0.25, 0.3) is 0 Å². The van der Waals surface area contributed by atoms with Gasteiger partial charge < -0.3 is 11.1 Å². The molecule has 2 atom stereocenters. The van der Waals surface area contributed by atoms with E-state index in [0.717, 1.165) is 19.3 Å². The lowest BCUT2D eigenvalue weighted by atomic mass is 10.1. The zero-order valence-electron chi connectivity index (χ0n) is 7.64. The van der Waals surface area contributed by atoms with Crippen LogP contribution in [0.5, 0.6) is 0 Å². The van der Waals surface area contributed by atoms with Crippen molar-refractivity contribution in [3.8, 4) is 0 Å². The molecule has 0 radical (unpaired) electrons. The number of amides is 1. The van der Waals surface area contributed by atoms with Crippen molar-refractivity contribution in [1.82, 2.24) is 9.59 Å². The molecule has 2 unspecified atom stereocenters. The second-order valence-corrected chi connectivity index (χ2v) is 4.16. The fraction of sp³-hybridized carbons (Fsp3) is 0.625. The summed E-state index contributed by atoms with van der Waals surface area (Å²) in [5.41, 5.74) is 5.73. The van der Waals surface area contributed by atoms with E-state index in [1.54, 1.807) is 5.38 Å². The second kappa shape index (κ2) is 4.02. The molecule has 3 N–H and O–H groups in total. The number of nitrogens with one attached hydrogen (secondary N) is 1. The van der Waals surface area contributed by atoms with Gasteiger partial charge in [-0.1, -0.05) is 4.49 Å². The molecule has 1 heterocycles. The molecule has 76 valence electrons. The Morgan fingerprint density at radius 1 is 1.64 bits per heavy atom. The van der Waals surface area contributed by atoms with Gasteiger partial charge in [0.1, 0.15) is 0 Å². The molecule has 0 saturated heterocycles. The topological polar surface area (TPSA) is 80.9 Å². The van der Waals surface area contributed by atoms with Crippen LogP contribution in [0.4, 0.5) is 5.82 Å². The molecule has 6 heteroatoms. The summed E-state index contributed by atoms with van der Waals surface area (Å²) >= 11 is 1.22. The van der Waals surface area contributed by atoms with Crippen molar-refractivity contribution in [3.05, 3.63) is 5.38 Å². The molecule has 1 fully saturated rings. The fourth-order valence-electron chi connectivity index (χ4n) is 1.70. The number of anilines is 1. The Balaban J connectivity index is 1.90. The summed E-state index contributed by atoms with van der Waals surface area (Å²) in [6.45, 7) is 0. The van der Waals surface area contributed by atoms with E-state index in [4.69, 9.17) is 5.73 Å². The maximum absolute atomic E-state index is 11.6. The Morgan fingerprint density at radius 3 is 3.07 bits per heavy atom. The van der Waals surface area contributed by atoms with Gasteiger partial charge in [-0.2, -0.15) is 0 Å². The zero-order chi connectivity index (χ0) is 9.97. The Morgan fingerprint density at radius 2 is 2.50 bits per heavy atom. The van der Waals surface area contributed by atoms with Crippen molar-refractivity contribution in [1.29, 1.82) is 0 Å². The number of carbonyl (C=O) groups excluding carboxylic acids is 1. The monoisotopic (exact) mass is 212 g/mol. The number of hydrogen-bond acceptors (Lipinski definition) is 5. The van der Waals surface area contributed by atoms with Crippen molar-refractivity contribution in [2.75, 3.05) is 5.32 Å². The third-order valence-corrected chi connectivity index (χ3v) is 2.96. The first-order valence-electron chi connectivity index (χ1n) is 4.59. The minimum Gasteiger partial charge on any atom is -0.328 e. The smallest absolute Gasteiger partial charge is 0.228 e. The highest BCUT2D eigenvalue weighted by Crippen LogP contribution is 2.25. The summed E-state index contributed by atoms with van der Waals surface area (Å²) in [7, 11) is 0. The van der Waals surface area contributed by atoms with E-state index in [1.807, 2.05) is 0 Å². The lowest BCUT2D eigenvalue weighted by Crippen LogP contribution is -2.23. The van der Waals surface area contributed by atoms with Crippen LogP contribution in [0.15, 0.2) is 5.38 Å². The average Bonchev–Trinajstić information content (AvgIpc) is 2.75. The van der Waals surface area contributed by atoms with Crippen LogP contribution in [0, 0.1) is 5.92 Å². The lowest BCUT2D eigenvalue weighted by molar-refractivity contribution is -0.119. The van der Waals surface area contributed by atoms with Gasteiger partial charge in [0.15, 0.2) is 5.82 Å². The van der Waals surface area contributed by atoms with Crippen LogP contribution in [0.3, 0.4) is 0 Å². The van der Waals surface area contributed by atoms with Crippen LogP contribution >= 0.6 is 11.5 Å². The van der Waals surface area contributed by atoms with Crippen LogP contribution in [0.1, 0.15) is 19.3 Å². The molecule has 0 aliphatic heterocycles. The Kier molecular flexibility index (Phi) is 2.74.